The third kappa shape index (κ3) is 6.22. The molecule has 0 radical (unpaired) electrons. The van der Waals surface area contributed by atoms with Crippen LogP contribution in [-0.4, -0.2) is 57.2 Å². The molecule has 2 heterocycles. The summed E-state index contributed by atoms with van der Waals surface area (Å²) in [6, 6.07) is 19.1. The number of nitrogens with zero attached hydrogens (tertiary/aromatic N) is 5. The van der Waals surface area contributed by atoms with Crippen molar-refractivity contribution in [1.82, 2.24) is 19.4 Å². The second-order valence-electron chi connectivity index (χ2n) is 9.45. The van der Waals surface area contributed by atoms with Gasteiger partial charge in [0.15, 0.2) is 5.65 Å². The summed E-state index contributed by atoms with van der Waals surface area (Å²) in [5, 5.41) is 13.4. The van der Waals surface area contributed by atoms with Crippen molar-refractivity contribution in [3.8, 4) is 0 Å². The number of likely N-dealkylation sites (N-methyl/N-ethyl adjacent to an activating group) is 1. The Bertz CT molecular complexity index is 1430. The van der Waals surface area contributed by atoms with Crippen molar-refractivity contribution in [3.63, 3.8) is 0 Å². The third-order valence-electron chi connectivity index (χ3n) is 6.24. The van der Waals surface area contributed by atoms with E-state index in [4.69, 9.17) is 16.6 Å². The van der Waals surface area contributed by atoms with Gasteiger partial charge in [-0.3, -0.25) is 14.2 Å². The largest absolute Gasteiger partial charge is 0.633 e. The molecule has 2 aromatic carbocycles. The number of fused-ring (bicyclic) bond motifs is 1. The molecule has 37 heavy (non-hydrogen) atoms. The van der Waals surface area contributed by atoms with Crippen LogP contribution >= 0.6 is 11.6 Å². The number of pyridine rings is 1. The average Bonchev–Trinajstić information content (AvgIpc) is 2.88. The maximum Gasteiger partial charge on any atom is 0.263 e. The summed E-state index contributed by atoms with van der Waals surface area (Å²) in [7, 11) is 3.07. The predicted molar refractivity (Wildman–Crippen MR) is 145 cm³/mol. The van der Waals surface area contributed by atoms with E-state index in [1.807, 2.05) is 37.3 Å². The Morgan fingerprint density at radius 2 is 1.78 bits per heavy atom. The van der Waals surface area contributed by atoms with Gasteiger partial charge >= 0.3 is 0 Å². The number of rotatable bonds is 9. The molecule has 192 valence electrons. The van der Waals surface area contributed by atoms with Gasteiger partial charge in [0.2, 0.25) is 0 Å². The zero-order chi connectivity index (χ0) is 26.6. The number of halogens is 1. The minimum atomic E-state index is -0.572. The van der Waals surface area contributed by atoms with Crippen LogP contribution in [0.2, 0.25) is 5.02 Å². The average molecular weight is 520 g/mol. The van der Waals surface area contributed by atoms with Crippen molar-refractivity contribution in [2.45, 2.75) is 25.9 Å². The molecule has 0 saturated carbocycles. The highest BCUT2D eigenvalue weighted by atomic mass is 35.5. The molecule has 9 heteroatoms. The predicted octanol–water partition coefficient (Wildman–Crippen LogP) is 4.66. The first-order chi connectivity index (χ1) is 17.7. The fourth-order valence-corrected chi connectivity index (χ4v) is 4.42. The van der Waals surface area contributed by atoms with E-state index >= 15 is 0 Å². The summed E-state index contributed by atoms with van der Waals surface area (Å²) in [6.45, 7) is 2.57. The van der Waals surface area contributed by atoms with Gasteiger partial charge in [-0.05, 0) is 48.4 Å². The Labute approximate surface area is 220 Å². The Balaban J connectivity index is 1.87. The number of carbonyl (C=O) groups excluding carboxylic acids is 1. The summed E-state index contributed by atoms with van der Waals surface area (Å²) < 4.78 is 1.05. The lowest BCUT2D eigenvalue weighted by atomic mass is 10.1. The van der Waals surface area contributed by atoms with Crippen molar-refractivity contribution in [2.75, 3.05) is 27.2 Å². The molecular weight excluding hydrogens is 490 g/mol. The normalized spacial score (nSPS) is 12.5. The third-order valence-corrected chi connectivity index (χ3v) is 6.49. The van der Waals surface area contributed by atoms with E-state index in [9.17, 15) is 14.8 Å². The topological polar surface area (TPSA) is 91.2 Å². The quantitative estimate of drug-likeness (QED) is 0.237. The maximum absolute atomic E-state index is 13.8. The highest BCUT2D eigenvalue weighted by Gasteiger charge is 2.30. The number of hydrogen-bond acceptors (Lipinski definition) is 5. The molecule has 0 fully saturated rings. The second kappa shape index (κ2) is 11.2. The molecule has 0 saturated heterocycles. The highest BCUT2D eigenvalue weighted by Crippen LogP contribution is 2.26. The maximum atomic E-state index is 13.8. The van der Waals surface area contributed by atoms with Gasteiger partial charge in [0, 0.05) is 16.8 Å². The highest BCUT2D eigenvalue weighted by molar-refractivity contribution is 6.30. The lowest BCUT2D eigenvalue weighted by Crippen LogP contribution is -2.45. The monoisotopic (exact) mass is 519 g/mol. The van der Waals surface area contributed by atoms with Crippen LogP contribution in [0.4, 0.5) is 0 Å². The van der Waals surface area contributed by atoms with Crippen molar-refractivity contribution in [2.24, 2.45) is 0 Å². The number of hydroxylamine groups is 3. The Kier molecular flexibility index (Phi) is 8.02. The van der Waals surface area contributed by atoms with Crippen LogP contribution in [0.3, 0.4) is 0 Å². The van der Waals surface area contributed by atoms with Crippen LogP contribution in [0, 0.1) is 5.21 Å². The molecule has 2 aromatic heterocycles. The molecule has 4 rings (SSSR count). The zero-order valence-corrected chi connectivity index (χ0v) is 21.9. The van der Waals surface area contributed by atoms with Crippen molar-refractivity contribution in [3.05, 3.63) is 110 Å². The summed E-state index contributed by atoms with van der Waals surface area (Å²) in [5.74, 6) is 0.166. The number of aromatic nitrogens is 3. The first kappa shape index (κ1) is 26.5. The summed E-state index contributed by atoms with van der Waals surface area (Å²) in [6.07, 6.45) is 2.07. The van der Waals surface area contributed by atoms with E-state index in [0.29, 0.717) is 33.9 Å². The Morgan fingerprint density at radius 1 is 1.08 bits per heavy atom. The summed E-state index contributed by atoms with van der Waals surface area (Å²) in [5.41, 5.74) is 1.46. The van der Waals surface area contributed by atoms with Gasteiger partial charge in [0.25, 0.3) is 11.5 Å². The smallest absolute Gasteiger partial charge is 0.263 e. The number of amides is 1. The van der Waals surface area contributed by atoms with Crippen LogP contribution in [0.15, 0.2) is 77.7 Å². The summed E-state index contributed by atoms with van der Waals surface area (Å²) >= 11 is 6.05. The molecule has 0 N–H and O–H groups in total. The molecule has 1 amide bonds. The minimum Gasteiger partial charge on any atom is -0.633 e. The number of carbonyl (C=O) groups is 1. The molecule has 0 aliphatic carbocycles. The molecule has 0 aliphatic heterocycles. The minimum absolute atomic E-state index is 0.171. The van der Waals surface area contributed by atoms with Crippen LogP contribution in [0.1, 0.15) is 41.1 Å². The molecule has 0 spiro atoms. The number of quaternary nitrogens is 1. The Morgan fingerprint density at radius 3 is 2.43 bits per heavy atom. The van der Waals surface area contributed by atoms with E-state index in [1.54, 1.807) is 52.1 Å². The summed E-state index contributed by atoms with van der Waals surface area (Å²) in [4.78, 5) is 38.3. The number of benzene rings is 2. The van der Waals surface area contributed by atoms with Gasteiger partial charge in [-0.25, -0.2) is 9.97 Å². The van der Waals surface area contributed by atoms with Gasteiger partial charge in [0.05, 0.1) is 45.2 Å². The SMILES string of the molecule is CCC(c1nc2ncccc2c(=O)n1Cc1ccccc1)N(CC[N+](C)(C)[O-])C(=O)c1ccc(Cl)cc1. The van der Waals surface area contributed by atoms with Crippen LogP contribution < -0.4 is 5.56 Å². The standard InChI is InChI=1S/C28H30ClN5O3/c1-4-24(32(17-18-34(2,3)37)27(35)21-12-14-22(29)15-13-21)26-31-25-23(11-8-16-30-25)28(36)33(26)19-20-9-6-5-7-10-20/h5-16,24H,4,17-19H2,1-3H3. The molecule has 1 atom stereocenters. The molecular formula is C28H30ClN5O3. The van der Waals surface area contributed by atoms with Crippen LogP contribution in [0.5, 0.6) is 0 Å². The van der Waals surface area contributed by atoms with Gasteiger partial charge in [-0.1, -0.05) is 48.9 Å². The first-order valence-corrected chi connectivity index (χ1v) is 12.6. The van der Waals surface area contributed by atoms with Gasteiger partial charge < -0.3 is 14.8 Å². The first-order valence-electron chi connectivity index (χ1n) is 12.2. The van der Waals surface area contributed by atoms with E-state index in [0.717, 1.165) is 5.56 Å². The molecule has 1 unspecified atom stereocenters. The molecule has 0 aliphatic rings. The van der Waals surface area contributed by atoms with E-state index in [-0.39, 0.29) is 31.1 Å². The van der Waals surface area contributed by atoms with Crippen molar-refractivity contribution in [1.29, 1.82) is 0 Å². The van der Waals surface area contributed by atoms with E-state index in [1.165, 1.54) is 14.1 Å². The second-order valence-corrected chi connectivity index (χ2v) is 9.88. The zero-order valence-electron chi connectivity index (χ0n) is 21.2. The van der Waals surface area contributed by atoms with Crippen LogP contribution in [0.25, 0.3) is 11.0 Å². The fourth-order valence-electron chi connectivity index (χ4n) is 4.29. The fraction of sp³-hybridized carbons (Fsp3) is 0.286. The van der Waals surface area contributed by atoms with Crippen molar-refractivity contribution < 1.29 is 9.44 Å². The van der Waals surface area contributed by atoms with Gasteiger partial charge in [0.1, 0.15) is 5.82 Å². The number of hydrogen-bond donors (Lipinski definition) is 0. The molecule has 0 bridgehead atoms. The van der Waals surface area contributed by atoms with Gasteiger partial charge in [-0.2, -0.15) is 0 Å². The van der Waals surface area contributed by atoms with Crippen molar-refractivity contribution >= 4 is 28.5 Å². The van der Waals surface area contributed by atoms with Gasteiger partial charge in [-0.15, -0.1) is 0 Å². The molecule has 4 aromatic rings. The Hall–Kier alpha value is -3.59. The van der Waals surface area contributed by atoms with E-state index < -0.39 is 10.7 Å². The lowest BCUT2D eigenvalue weighted by molar-refractivity contribution is -0.839. The lowest BCUT2D eigenvalue weighted by Gasteiger charge is -2.38. The molecule has 8 nitrogen and oxygen atoms in total. The van der Waals surface area contributed by atoms with Crippen LogP contribution in [-0.2, 0) is 6.54 Å². The van der Waals surface area contributed by atoms with E-state index in [2.05, 4.69) is 4.98 Å².